The Morgan fingerprint density at radius 1 is 1.19 bits per heavy atom. The lowest BCUT2D eigenvalue weighted by Crippen LogP contribution is -2.24. The molecule has 1 aromatic carbocycles. The zero-order valence-electron chi connectivity index (χ0n) is 9.91. The van der Waals surface area contributed by atoms with Crippen molar-refractivity contribution in [2.24, 2.45) is 11.1 Å². The van der Waals surface area contributed by atoms with Gasteiger partial charge in [0.2, 0.25) is 5.91 Å². The number of ketones is 1. The first-order chi connectivity index (χ1) is 7.33. The fourth-order valence-corrected chi connectivity index (χ4v) is 1.42. The van der Waals surface area contributed by atoms with Crippen molar-refractivity contribution >= 4 is 11.7 Å². The second-order valence-corrected chi connectivity index (χ2v) is 4.68. The van der Waals surface area contributed by atoms with Crippen LogP contribution in [0.4, 0.5) is 0 Å². The Morgan fingerprint density at radius 2 is 1.69 bits per heavy atom. The molecule has 0 aromatic heterocycles. The van der Waals surface area contributed by atoms with Crippen LogP contribution in [0, 0.1) is 5.41 Å². The molecule has 0 radical (unpaired) electrons. The van der Waals surface area contributed by atoms with Crippen LogP contribution in [-0.4, -0.2) is 11.7 Å². The second-order valence-electron chi connectivity index (χ2n) is 4.68. The van der Waals surface area contributed by atoms with Gasteiger partial charge in [-0.1, -0.05) is 26.0 Å². The number of hydrogen-bond donors (Lipinski definition) is 1. The smallest absolute Gasteiger partial charge is 0.248 e. The summed E-state index contributed by atoms with van der Waals surface area (Å²) in [6.07, 6.45) is 0.668. The first-order valence-electron chi connectivity index (χ1n) is 5.23. The summed E-state index contributed by atoms with van der Waals surface area (Å²) in [6.45, 7) is 5.42. The molecule has 0 saturated heterocycles. The molecule has 2 N–H and O–H groups in total. The van der Waals surface area contributed by atoms with Gasteiger partial charge in [-0.05, 0) is 31.0 Å². The Morgan fingerprint density at radius 3 is 2.06 bits per heavy atom. The van der Waals surface area contributed by atoms with Crippen molar-refractivity contribution in [3.63, 3.8) is 0 Å². The summed E-state index contributed by atoms with van der Waals surface area (Å²) >= 11 is 0. The van der Waals surface area contributed by atoms with Crippen molar-refractivity contribution < 1.29 is 9.59 Å². The summed E-state index contributed by atoms with van der Waals surface area (Å²) in [5.74, 6) is -0.274. The van der Waals surface area contributed by atoms with Gasteiger partial charge in [0.15, 0.2) is 0 Å². The highest BCUT2D eigenvalue weighted by Crippen LogP contribution is 2.22. The molecule has 1 amide bonds. The Hall–Kier alpha value is -1.64. The number of carbonyl (C=O) groups excluding carboxylic acids is 2. The van der Waals surface area contributed by atoms with E-state index in [4.69, 9.17) is 5.73 Å². The van der Waals surface area contributed by atoms with E-state index in [0.717, 1.165) is 5.56 Å². The standard InChI is InChI=1S/C13H17NO2/c1-9(15)13(2,3)8-10-4-6-11(7-5-10)12(14)16/h4-7H,8H2,1-3H3,(H2,14,16). The number of amides is 1. The van der Waals surface area contributed by atoms with Crippen LogP contribution in [0.25, 0.3) is 0 Å². The van der Waals surface area contributed by atoms with E-state index in [1.807, 2.05) is 26.0 Å². The van der Waals surface area contributed by atoms with Gasteiger partial charge in [-0.25, -0.2) is 0 Å². The summed E-state index contributed by atoms with van der Waals surface area (Å²) in [6, 6.07) is 7.05. The number of rotatable bonds is 4. The maximum absolute atomic E-state index is 11.4. The van der Waals surface area contributed by atoms with E-state index in [9.17, 15) is 9.59 Å². The molecule has 16 heavy (non-hydrogen) atoms. The average molecular weight is 219 g/mol. The number of hydrogen-bond acceptors (Lipinski definition) is 2. The Kier molecular flexibility index (Phi) is 3.48. The summed E-state index contributed by atoms with van der Waals surface area (Å²) in [5.41, 5.74) is 6.30. The van der Waals surface area contributed by atoms with Crippen molar-refractivity contribution in [2.75, 3.05) is 0 Å². The summed E-state index contributed by atoms with van der Waals surface area (Å²) < 4.78 is 0. The molecule has 86 valence electrons. The van der Waals surface area contributed by atoms with Gasteiger partial charge in [0.05, 0.1) is 0 Å². The molecule has 0 unspecified atom stereocenters. The predicted octanol–water partition coefficient (Wildman–Crippen LogP) is 1.94. The highest BCUT2D eigenvalue weighted by Gasteiger charge is 2.23. The van der Waals surface area contributed by atoms with Crippen LogP contribution in [0.2, 0.25) is 0 Å². The molecule has 0 aliphatic heterocycles. The first kappa shape index (κ1) is 12.4. The normalized spacial score (nSPS) is 11.2. The van der Waals surface area contributed by atoms with E-state index < -0.39 is 5.91 Å². The van der Waals surface area contributed by atoms with E-state index >= 15 is 0 Å². The quantitative estimate of drug-likeness (QED) is 0.841. The molecular weight excluding hydrogens is 202 g/mol. The lowest BCUT2D eigenvalue weighted by atomic mass is 9.82. The van der Waals surface area contributed by atoms with Crippen LogP contribution in [-0.2, 0) is 11.2 Å². The highest BCUT2D eigenvalue weighted by molar-refractivity contribution is 5.92. The zero-order valence-corrected chi connectivity index (χ0v) is 9.91. The molecular formula is C13H17NO2. The van der Waals surface area contributed by atoms with Gasteiger partial charge in [0.1, 0.15) is 5.78 Å². The summed E-state index contributed by atoms with van der Waals surface area (Å²) in [4.78, 5) is 22.2. The first-order valence-corrected chi connectivity index (χ1v) is 5.23. The molecule has 0 spiro atoms. The highest BCUT2D eigenvalue weighted by atomic mass is 16.1. The van der Waals surface area contributed by atoms with Crippen molar-refractivity contribution in [1.29, 1.82) is 0 Å². The molecule has 0 bridgehead atoms. The lowest BCUT2D eigenvalue weighted by molar-refractivity contribution is -0.124. The van der Waals surface area contributed by atoms with Gasteiger partial charge < -0.3 is 5.73 Å². The molecule has 0 atom stereocenters. The second kappa shape index (κ2) is 4.47. The number of Topliss-reactive ketones (excluding diaryl/α,β-unsaturated/α-hetero) is 1. The maximum atomic E-state index is 11.4. The Bertz CT molecular complexity index is 404. The minimum atomic E-state index is -0.433. The van der Waals surface area contributed by atoms with E-state index in [0.29, 0.717) is 12.0 Å². The fraction of sp³-hybridized carbons (Fsp3) is 0.385. The number of benzene rings is 1. The molecule has 0 fully saturated rings. The Labute approximate surface area is 95.6 Å². The van der Waals surface area contributed by atoms with Gasteiger partial charge in [0.25, 0.3) is 0 Å². The topological polar surface area (TPSA) is 60.2 Å². The van der Waals surface area contributed by atoms with Crippen molar-refractivity contribution in [1.82, 2.24) is 0 Å². The molecule has 3 nitrogen and oxygen atoms in total. The molecule has 0 aliphatic rings. The van der Waals surface area contributed by atoms with Gasteiger partial charge in [-0.3, -0.25) is 9.59 Å². The number of nitrogens with two attached hydrogens (primary N) is 1. The number of carbonyl (C=O) groups is 2. The molecule has 0 aliphatic carbocycles. The van der Waals surface area contributed by atoms with E-state index in [1.165, 1.54) is 0 Å². The molecule has 0 heterocycles. The summed E-state index contributed by atoms with van der Waals surface area (Å²) in [5, 5.41) is 0. The van der Waals surface area contributed by atoms with Gasteiger partial charge >= 0.3 is 0 Å². The molecule has 1 rings (SSSR count). The van der Waals surface area contributed by atoms with Gasteiger partial charge in [-0.2, -0.15) is 0 Å². The zero-order chi connectivity index (χ0) is 12.3. The maximum Gasteiger partial charge on any atom is 0.248 e. The van der Waals surface area contributed by atoms with Crippen LogP contribution in [0.1, 0.15) is 36.7 Å². The minimum Gasteiger partial charge on any atom is -0.366 e. The van der Waals surface area contributed by atoms with Crippen LogP contribution in [0.15, 0.2) is 24.3 Å². The fourth-order valence-electron chi connectivity index (χ4n) is 1.42. The van der Waals surface area contributed by atoms with E-state index in [2.05, 4.69) is 0 Å². The molecule has 3 heteroatoms. The molecule has 0 saturated carbocycles. The van der Waals surface area contributed by atoms with Crippen LogP contribution >= 0.6 is 0 Å². The van der Waals surface area contributed by atoms with Crippen molar-refractivity contribution in [3.05, 3.63) is 35.4 Å². The number of primary amides is 1. The van der Waals surface area contributed by atoms with Crippen molar-refractivity contribution in [2.45, 2.75) is 27.2 Å². The Balaban J connectivity index is 2.84. The monoisotopic (exact) mass is 219 g/mol. The van der Waals surface area contributed by atoms with E-state index in [1.54, 1.807) is 19.1 Å². The molecule has 1 aromatic rings. The largest absolute Gasteiger partial charge is 0.366 e. The predicted molar refractivity (Wildman–Crippen MR) is 63.1 cm³/mol. The minimum absolute atomic E-state index is 0.159. The average Bonchev–Trinajstić information content (AvgIpc) is 2.17. The van der Waals surface area contributed by atoms with Crippen LogP contribution in [0.3, 0.4) is 0 Å². The van der Waals surface area contributed by atoms with Crippen molar-refractivity contribution in [3.8, 4) is 0 Å². The SMILES string of the molecule is CC(=O)C(C)(C)Cc1ccc(C(N)=O)cc1. The summed E-state index contributed by atoms with van der Waals surface area (Å²) in [7, 11) is 0. The van der Waals surface area contributed by atoms with Gasteiger partial charge in [0, 0.05) is 11.0 Å². The van der Waals surface area contributed by atoms with Gasteiger partial charge in [-0.15, -0.1) is 0 Å². The van der Waals surface area contributed by atoms with Crippen LogP contribution < -0.4 is 5.73 Å². The van der Waals surface area contributed by atoms with Crippen LogP contribution in [0.5, 0.6) is 0 Å². The third kappa shape index (κ3) is 2.92. The third-order valence-corrected chi connectivity index (χ3v) is 2.84. The lowest BCUT2D eigenvalue weighted by Gasteiger charge is -2.20. The van der Waals surface area contributed by atoms with E-state index in [-0.39, 0.29) is 11.2 Å². The third-order valence-electron chi connectivity index (χ3n) is 2.84.